The summed E-state index contributed by atoms with van der Waals surface area (Å²) in [4.78, 5) is 37.4. The molecule has 1 aliphatic rings. The zero-order valence-electron chi connectivity index (χ0n) is 13.2. The monoisotopic (exact) mass is 358 g/mol. The largest absolute Gasteiger partial charge is 0.508 e. The van der Waals surface area contributed by atoms with Crippen molar-refractivity contribution in [3.63, 3.8) is 0 Å². The number of nitrogens with zero attached hydrogens (tertiary/aromatic N) is 1. The summed E-state index contributed by atoms with van der Waals surface area (Å²) >= 11 is 0.755. The van der Waals surface area contributed by atoms with Crippen LogP contribution in [0.25, 0.3) is 6.08 Å². The lowest BCUT2D eigenvalue weighted by molar-refractivity contribution is -0.127. The Morgan fingerprint density at radius 1 is 1.32 bits per heavy atom. The van der Waals surface area contributed by atoms with Crippen LogP contribution in [0, 0.1) is 6.92 Å². The number of benzene rings is 1. The molecule has 0 radical (unpaired) electrons. The number of phenolic OH excluding ortho intramolecular Hbond substituents is 1. The van der Waals surface area contributed by atoms with Gasteiger partial charge in [0.1, 0.15) is 23.8 Å². The average molecular weight is 358 g/mol. The van der Waals surface area contributed by atoms with Crippen molar-refractivity contribution < 1.29 is 23.9 Å². The second kappa shape index (κ2) is 6.86. The van der Waals surface area contributed by atoms with Gasteiger partial charge in [-0.1, -0.05) is 6.07 Å². The third-order valence-corrected chi connectivity index (χ3v) is 4.25. The molecule has 2 aromatic rings. The van der Waals surface area contributed by atoms with E-state index in [9.17, 15) is 19.5 Å². The Bertz CT molecular complexity index is 887. The topological polar surface area (TPSA) is 99.9 Å². The second-order valence-electron chi connectivity index (χ2n) is 5.31. The van der Waals surface area contributed by atoms with Gasteiger partial charge in [0.25, 0.3) is 11.1 Å². The standard InChI is InChI=1S/C17H14N2O5S/c1-10-5-6-13(24-10)8-14-16(22)19(17(23)25-14)9-15(21)18-11-3-2-4-12(20)7-11/h2-8,20H,9H2,1H3,(H,18,21)/b14-8-. The van der Waals surface area contributed by atoms with Crippen molar-refractivity contribution in [2.24, 2.45) is 0 Å². The number of carbonyl (C=O) groups excluding carboxylic acids is 3. The van der Waals surface area contributed by atoms with Gasteiger partial charge in [-0.25, -0.2) is 0 Å². The number of hydrogen-bond donors (Lipinski definition) is 2. The molecule has 3 amide bonds. The summed E-state index contributed by atoms with van der Waals surface area (Å²) in [7, 11) is 0. The van der Waals surface area contributed by atoms with E-state index in [1.807, 2.05) is 0 Å². The lowest BCUT2D eigenvalue weighted by Gasteiger charge is -2.12. The fourth-order valence-corrected chi connectivity index (χ4v) is 3.04. The summed E-state index contributed by atoms with van der Waals surface area (Å²) in [6.07, 6.45) is 1.48. The summed E-state index contributed by atoms with van der Waals surface area (Å²) in [5.41, 5.74) is 0.374. The number of aryl methyl sites for hydroxylation is 1. The highest BCUT2D eigenvalue weighted by Gasteiger charge is 2.36. The van der Waals surface area contributed by atoms with Crippen molar-refractivity contribution >= 4 is 40.6 Å². The number of amides is 3. The van der Waals surface area contributed by atoms with Crippen LogP contribution in [0.2, 0.25) is 0 Å². The highest BCUT2D eigenvalue weighted by atomic mass is 32.2. The number of phenols is 1. The molecule has 8 heteroatoms. The fourth-order valence-electron chi connectivity index (χ4n) is 2.22. The number of thioether (sulfide) groups is 1. The molecule has 3 rings (SSSR count). The van der Waals surface area contributed by atoms with Crippen LogP contribution in [-0.4, -0.2) is 33.6 Å². The van der Waals surface area contributed by atoms with Gasteiger partial charge in [0.05, 0.1) is 4.91 Å². The van der Waals surface area contributed by atoms with Gasteiger partial charge in [-0.2, -0.15) is 0 Å². The van der Waals surface area contributed by atoms with Crippen LogP contribution >= 0.6 is 11.8 Å². The molecule has 1 aromatic heterocycles. The molecule has 0 unspecified atom stereocenters. The lowest BCUT2D eigenvalue weighted by atomic mass is 10.3. The molecule has 0 bridgehead atoms. The van der Waals surface area contributed by atoms with Gasteiger partial charge in [0.15, 0.2) is 0 Å². The van der Waals surface area contributed by atoms with Crippen LogP contribution in [0.15, 0.2) is 45.7 Å². The van der Waals surface area contributed by atoms with Crippen LogP contribution in [0.1, 0.15) is 11.5 Å². The van der Waals surface area contributed by atoms with E-state index in [-0.39, 0.29) is 10.7 Å². The molecule has 0 spiro atoms. The minimum Gasteiger partial charge on any atom is -0.508 e. The zero-order valence-corrected chi connectivity index (χ0v) is 14.0. The molecule has 1 saturated heterocycles. The van der Waals surface area contributed by atoms with Gasteiger partial charge < -0.3 is 14.8 Å². The van der Waals surface area contributed by atoms with E-state index < -0.39 is 23.6 Å². The van der Waals surface area contributed by atoms with Crippen LogP contribution in [0.5, 0.6) is 5.75 Å². The summed E-state index contributed by atoms with van der Waals surface area (Å²) in [5.74, 6) is 0.0712. The first-order valence-corrected chi connectivity index (χ1v) is 8.15. The summed E-state index contributed by atoms with van der Waals surface area (Å²) in [6.45, 7) is 1.36. The van der Waals surface area contributed by atoms with Crippen molar-refractivity contribution in [1.29, 1.82) is 0 Å². The van der Waals surface area contributed by atoms with Crippen molar-refractivity contribution in [2.45, 2.75) is 6.92 Å². The molecule has 2 N–H and O–H groups in total. The van der Waals surface area contributed by atoms with Crippen LogP contribution in [0.3, 0.4) is 0 Å². The SMILES string of the molecule is Cc1ccc(/C=C2\SC(=O)N(CC(=O)Nc3cccc(O)c3)C2=O)o1. The molecule has 2 heterocycles. The molecular formula is C17H14N2O5S. The van der Waals surface area contributed by atoms with E-state index in [0.717, 1.165) is 16.7 Å². The summed E-state index contributed by atoms with van der Waals surface area (Å²) in [5, 5.41) is 11.4. The van der Waals surface area contributed by atoms with E-state index in [1.54, 1.807) is 31.2 Å². The Labute approximate surface area is 147 Å². The third-order valence-electron chi connectivity index (χ3n) is 3.34. The third kappa shape index (κ3) is 3.92. The molecule has 7 nitrogen and oxygen atoms in total. The minimum absolute atomic E-state index is 0.000594. The number of imide groups is 1. The van der Waals surface area contributed by atoms with Gasteiger partial charge in [0.2, 0.25) is 5.91 Å². The first-order valence-electron chi connectivity index (χ1n) is 7.33. The molecule has 1 aliphatic heterocycles. The van der Waals surface area contributed by atoms with Gasteiger partial charge >= 0.3 is 0 Å². The number of anilines is 1. The molecule has 128 valence electrons. The minimum atomic E-state index is -0.546. The number of aromatic hydroxyl groups is 1. The van der Waals surface area contributed by atoms with Crippen LogP contribution in [0.4, 0.5) is 10.5 Å². The number of carbonyl (C=O) groups is 3. The number of furan rings is 1. The predicted molar refractivity (Wildman–Crippen MR) is 92.9 cm³/mol. The second-order valence-corrected chi connectivity index (χ2v) is 6.31. The normalized spacial score (nSPS) is 15.9. The first kappa shape index (κ1) is 16.8. The Balaban J connectivity index is 1.68. The first-order chi connectivity index (χ1) is 11.9. The quantitative estimate of drug-likeness (QED) is 0.815. The lowest BCUT2D eigenvalue weighted by Crippen LogP contribution is -2.36. The number of rotatable bonds is 4. The van der Waals surface area contributed by atoms with Crippen molar-refractivity contribution in [1.82, 2.24) is 4.90 Å². The highest BCUT2D eigenvalue weighted by Crippen LogP contribution is 2.32. The van der Waals surface area contributed by atoms with Gasteiger partial charge in [-0.05, 0) is 43.0 Å². The Kier molecular flexibility index (Phi) is 4.62. The summed E-state index contributed by atoms with van der Waals surface area (Å²) < 4.78 is 5.36. The zero-order chi connectivity index (χ0) is 18.0. The molecule has 0 aliphatic carbocycles. The Morgan fingerprint density at radius 3 is 2.80 bits per heavy atom. The predicted octanol–water partition coefficient (Wildman–Crippen LogP) is 2.97. The average Bonchev–Trinajstić information content (AvgIpc) is 3.06. The summed E-state index contributed by atoms with van der Waals surface area (Å²) in [6, 6.07) is 9.43. The Morgan fingerprint density at radius 2 is 2.12 bits per heavy atom. The molecule has 1 fully saturated rings. The maximum Gasteiger partial charge on any atom is 0.294 e. The van der Waals surface area contributed by atoms with Crippen molar-refractivity contribution in [3.05, 3.63) is 52.8 Å². The molecule has 0 atom stereocenters. The highest BCUT2D eigenvalue weighted by molar-refractivity contribution is 8.18. The van der Waals surface area contributed by atoms with E-state index in [2.05, 4.69) is 5.32 Å². The maximum absolute atomic E-state index is 12.3. The molecule has 25 heavy (non-hydrogen) atoms. The maximum atomic E-state index is 12.3. The van der Waals surface area contributed by atoms with Crippen molar-refractivity contribution in [3.8, 4) is 5.75 Å². The van der Waals surface area contributed by atoms with Gasteiger partial charge in [-0.3, -0.25) is 19.3 Å². The molecule has 0 saturated carbocycles. The van der Waals surface area contributed by atoms with E-state index in [1.165, 1.54) is 18.2 Å². The number of nitrogens with one attached hydrogen (secondary N) is 1. The number of hydrogen-bond acceptors (Lipinski definition) is 6. The molecular weight excluding hydrogens is 344 g/mol. The van der Waals surface area contributed by atoms with Gasteiger partial charge in [-0.15, -0.1) is 0 Å². The molecule has 1 aromatic carbocycles. The van der Waals surface area contributed by atoms with E-state index >= 15 is 0 Å². The van der Waals surface area contributed by atoms with Gasteiger partial charge in [0, 0.05) is 17.8 Å². The van der Waals surface area contributed by atoms with Crippen LogP contribution in [-0.2, 0) is 9.59 Å². The smallest absolute Gasteiger partial charge is 0.294 e. The van der Waals surface area contributed by atoms with E-state index in [4.69, 9.17) is 4.42 Å². The Hall–Kier alpha value is -3.00. The van der Waals surface area contributed by atoms with Crippen LogP contribution < -0.4 is 5.32 Å². The van der Waals surface area contributed by atoms with E-state index in [0.29, 0.717) is 17.2 Å². The van der Waals surface area contributed by atoms with Crippen molar-refractivity contribution in [2.75, 3.05) is 11.9 Å². The fraction of sp³-hybridized carbons (Fsp3) is 0.118.